The van der Waals surface area contributed by atoms with Gasteiger partial charge in [-0.1, -0.05) is 18.2 Å². The standard InChI is InChI=1S/C25H37N3O4.HI/c1-6-26-25(27-13-12-20-9-11-22(30-4)24(17-20)31-5)28-18-21-10-8-19(2)16-23(21)32-15-7-14-29-3;/h8-11,16-17H,6-7,12-15,18H2,1-5H3,(H2,26,27,28);1H. The summed E-state index contributed by atoms with van der Waals surface area (Å²) in [5.74, 6) is 3.13. The number of halogens is 1. The fraction of sp³-hybridized carbons (Fsp3) is 0.480. The second-order valence-corrected chi connectivity index (χ2v) is 7.37. The first-order valence-electron chi connectivity index (χ1n) is 11.1. The van der Waals surface area contributed by atoms with Crippen LogP contribution in [0.25, 0.3) is 0 Å². The lowest BCUT2D eigenvalue weighted by Gasteiger charge is -2.14. The van der Waals surface area contributed by atoms with Crippen molar-refractivity contribution in [3.8, 4) is 17.2 Å². The molecule has 0 aromatic heterocycles. The molecule has 0 fully saturated rings. The van der Waals surface area contributed by atoms with E-state index in [4.69, 9.17) is 23.9 Å². The Bertz CT molecular complexity index is 862. The summed E-state index contributed by atoms with van der Waals surface area (Å²) >= 11 is 0. The number of guanidine groups is 1. The number of rotatable bonds is 13. The number of nitrogens with one attached hydrogen (secondary N) is 2. The van der Waals surface area contributed by atoms with Gasteiger partial charge in [-0.05, 0) is 49.6 Å². The van der Waals surface area contributed by atoms with Gasteiger partial charge in [0.15, 0.2) is 17.5 Å². The van der Waals surface area contributed by atoms with Crippen molar-refractivity contribution in [2.45, 2.75) is 33.2 Å². The van der Waals surface area contributed by atoms with Crippen molar-refractivity contribution in [2.24, 2.45) is 4.99 Å². The molecule has 0 amide bonds. The fourth-order valence-electron chi connectivity index (χ4n) is 3.18. The smallest absolute Gasteiger partial charge is 0.191 e. The van der Waals surface area contributed by atoms with E-state index in [-0.39, 0.29) is 24.0 Å². The molecule has 2 rings (SSSR count). The SMILES string of the molecule is CCNC(=NCc1ccc(C)cc1OCCCOC)NCCc1ccc(OC)c(OC)c1.I. The Hall–Kier alpha value is -2.20. The summed E-state index contributed by atoms with van der Waals surface area (Å²) in [6.45, 7) is 7.50. The maximum atomic E-state index is 5.98. The van der Waals surface area contributed by atoms with E-state index in [0.717, 1.165) is 60.3 Å². The second kappa shape index (κ2) is 16.4. The zero-order valence-electron chi connectivity index (χ0n) is 20.4. The molecule has 7 nitrogen and oxygen atoms in total. The van der Waals surface area contributed by atoms with Gasteiger partial charge < -0.3 is 29.6 Å². The largest absolute Gasteiger partial charge is 0.493 e. The zero-order chi connectivity index (χ0) is 23.2. The van der Waals surface area contributed by atoms with Crippen LogP contribution in [0, 0.1) is 6.92 Å². The molecule has 184 valence electrons. The van der Waals surface area contributed by atoms with Crippen molar-refractivity contribution in [3.63, 3.8) is 0 Å². The van der Waals surface area contributed by atoms with Crippen LogP contribution in [0.15, 0.2) is 41.4 Å². The highest BCUT2D eigenvalue weighted by Gasteiger charge is 2.07. The molecule has 0 aliphatic heterocycles. The first kappa shape index (κ1) is 28.8. The van der Waals surface area contributed by atoms with Crippen LogP contribution < -0.4 is 24.8 Å². The van der Waals surface area contributed by atoms with Crippen LogP contribution in [-0.4, -0.2) is 53.6 Å². The van der Waals surface area contributed by atoms with Crippen LogP contribution in [0.3, 0.4) is 0 Å². The molecule has 0 atom stereocenters. The molecule has 0 heterocycles. The van der Waals surface area contributed by atoms with Gasteiger partial charge in [0.1, 0.15) is 5.75 Å². The van der Waals surface area contributed by atoms with Crippen molar-refractivity contribution in [3.05, 3.63) is 53.1 Å². The van der Waals surface area contributed by atoms with Gasteiger partial charge >= 0.3 is 0 Å². The molecule has 2 aromatic carbocycles. The molecule has 8 heteroatoms. The van der Waals surface area contributed by atoms with E-state index in [9.17, 15) is 0 Å². The van der Waals surface area contributed by atoms with Crippen LogP contribution in [0.2, 0.25) is 0 Å². The lowest BCUT2D eigenvalue weighted by atomic mass is 10.1. The van der Waals surface area contributed by atoms with E-state index < -0.39 is 0 Å². The van der Waals surface area contributed by atoms with Crippen LogP contribution in [0.5, 0.6) is 17.2 Å². The van der Waals surface area contributed by atoms with Crippen molar-refractivity contribution < 1.29 is 18.9 Å². The highest BCUT2D eigenvalue weighted by atomic mass is 127. The molecule has 0 bridgehead atoms. The molecule has 2 N–H and O–H groups in total. The molecule has 0 aliphatic rings. The number of aryl methyl sites for hydroxylation is 1. The lowest BCUT2D eigenvalue weighted by Crippen LogP contribution is -2.38. The van der Waals surface area contributed by atoms with Gasteiger partial charge in [-0.3, -0.25) is 0 Å². The van der Waals surface area contributed by atoms with E-state index in [0.29, 0.717) is 19.8 Å². The zero-order valence-corrected chi connectivity index (χ0v) is 22.7. The van der Waals surface area contributed by atoms with Crippen molar-refractivity contribution in [1.29, 1.82) is 0 Å². The predicted octanol–water partition coefficient (Wildman–Crippen LogP) is 4.34. The minimum absolute atomic E-state index is 0. The van der Waals surface area contributed by atoms with Crippen molar-refractivity contribution in [1.82, 2.24) is 10.6 Å². The Morgan fingerprint density at radius 1 is 0.909 bits per heavy atom. The fourth-order valence-corrected chi connectivity index (χ4v) is 3.18. The molecular weight excluding hydrogens is 533 g/mol. The van der Waals surface area contributed by atoms with Gasteiger partial charge in [0.25, 0.3) is 0 Å². The Labute approximate surface area is 215 Å². The summed E-state index contributed by atoms with van der Waals surface area (Å²) in [7, 11) is 4.99. The molecular formula is C25H38IN3O4. The highest BCUT2D eigenvalue weighted by Crippen LogP contribution is 2.27. The van der Waals surface area contributed by atoms with E-state index >= 15 is 0 Å². The summed E-state index contributed by atoms with van der Waals surface area (Å²) in [5.41, 5.74) is 3.39. The van der Waals surface area contributed by atoms with Gasteiger partial charge in [0, 0.05) is 38.8 Å². The van der Waals surface area contributed by atoms with Gasteiger partial charge in [-0.25, -0.2) is 4.99 Å². The molecule has 0 spiro atoms. The number of methoxy groups -OCH3 is 3. The molecule has 0 saturated carbocycles. The molecule has 2 aromatic rings. The third-order valence-electron chi connectivity index (χ3n) is 4.88. The number of aliphatic imine (C=N–C) groups is 1. The van der Waals surface area contributed by atoms with E-state index in [1.807, 2.05) is 18.2 Å². The molecule has 33 heavy (non-hydrogen) atoms. The van der Waals surface area contributed by atoms with Crippen molar-refractivity contribution >= 4 is 29.9 Å². The van der Waals surface area contributed by atoms with Gasteiger partial charge in [0.2, 0.25) is 0 Å². The highest BCUT2D eigenvalue weighted by molar-refractivity contribution is 14.0. The summed E-state index contributed by atoms with van der Waals surface area (Å²) in [6.07, 6.45) is 1.69. The third-order valence-corrected chi connectivity index (χ3v) is 4.88. The van der Waals surface area contributed by atoms with Crippen LogP contribution in [-0.2, 0) is 17.7 Å². The number of hydrogen-bond donors (Lipinski definition) is 2. The molecule has 0 unspecified atom stereocenters. The Morgan fingerprint density at radius 3 is 2.39 bits per heavy atom. The van der Waals surface area contributed by atoms with E-state index in [1.54, 1.807) is 21.3 Å². The minimum Gasteiger partial charge on any atom is -0.493 e. The predicted molar refractivity (Wildman–Crippen MR) is 145 cm³/mol. The number of benzene rings is 2. The van der Waals surface area contributed by atoms with Gasteiger partial charge in [-0.2, -0.15) is 0 Å². The van der Waals surface area contributed by atoms with E-state index in [2.05, 4.69) is 42.7 Å². The van der Waals surface area contributed by atoms with Crippen molar-refractivity contribution in [2.75, 3.05) is 47.6 Å². The second-order valence-electron chi connectivity index (χ2n) is 7.37. The first-order valence-corrected chi connectivity index (χ1v) is 11.1. The van der Waals surface area contributed by atoms with E-state index in [1.165, 1.54) is 5.56 Å². The number of nitrogens with zero attached hydrogens (tertiary/aromatic N) is 1. The Morgan fingerprint density at radius 2 is 1.70 bits per heavy atom. The average Bonchev–Trinajstić information content (AvgIpc) is 2.81. The minimum atomic E-state index is 0. The van der Waals surface area contributed by atoms with Crippen LogP contribution >= 0.6 is 24.0 Å². The summed E-state index contributed by atoms with van der Waals surface area (Å²) in [4.78, 5) is 4.76. The molecule has 0 radical (unpaired) electrons. The average molecular weight is 572 g/mol. The first-order chi connectivity index (χ1) is 15.6. The molecule has 0 aliphatic carbocycles. The Kier molecular flexibility index (Phi) is 14.3. The monoisotopic (exact) mass is 571 g/mol. The van der Waals surface area contributed by atoms with Crippen LogP contribution in [0.1, 0.15) is 30.0 Å². The summed E-state index contributed by atoms with van der Waals surface area (Å²) in [5, 5.41) is 6.71. The maximum absolute atomic E-state index is 5.98. The lowest BCUT2D eigenvalue weighted by molar-refractivity contribution is 0.172. The van der Waals surface area contributed by atoms with Gasteiger partial charge in [0.05, 0.1) is 27.4 Å². The normalized spacial score (nSPS) is 10.9. The summed E-state index contributed by atoms with van der Waals surface area (Å²) in [6, 6.07) is 12.2. The number of ether oxygens (including phenoxy) is 4. The topological polar surface area (TPSA) is 73.3 Å². The quantitative estimate of drug-likeness (QED) is 0.161. The molecule has 0 saturated heterocycles. The Balaban J connectivity index is 0.00000544. The maximum Gasteiger partial charge on any atom is 0.191 e. The van der Waals surface area contributed by atoms with Crippen LogP contribution in [0.4, 0.5) is 0 Å². The number of hydrogen-bond acceptors (Lipinski definition) is 5. The summed E-state index contributed by atoms with van der Waals surface area (Å²) < 4.78 is 21.8. The van der Waals surface area contributed by atoms with Gasteiger partial charge in [-0.15, -0.1) is 24.0 Å². The third kappa shape index (κ3) is 10.1.